The minimum absolute atomic E-state index is 0.0938. The third kappa shape index (κ3) is 4.66. The molecule has 0 heterocycles. The van der Waals surface area contributed by atoms with Gasteiger partial charge in [0.15, 0.2) is 5.78 Å². The van der Waals surface area contributed by atoms with Crippen LogP contribution in [0.2, 0.25) is 0 Å². The molecule has 0 aliphatic heterocycles. The lowest BCUT2D eigenvalue weighted by molar-refractivity contribution is 0.0989. The average Bonchev–Trinajstić information content (AvgIpc) is 2.61. The SMILES string of the molecule is CCN(CC)C(=S)S[C@@H](C(=O)c1ccccc1)c1ccccc1. The van der Waals surface area contributed by atoms with E-state index in [4.69, 9.17) is 12.2 Å². The van der Waals surface area contributed by atoms with E-state index in [0.29, 0.717) is 0 Å². The summed E-state index contributed by atoms with van der Waals surface area (Å²) >= 11 is 7.02. The van der Waals surface area contributed by atoms with Gasteiger partial charge in [-0.1, -0.05) is 84.6 Å². The van der Waals surface area contributed by atoms with E-state index in [9.17, 15) is 4.79 Å². The van der Waals surface area contributed by atoms with Gasteiger partial charge in [0, 0.05) is 18.7 Å². The number of benzene rings is 2. The molecular weight excluding hydrogens is 322 g/mol. The Labute approximate surface area is 147 Å². The summed E-state index contributed by atoms with van der Waals surface area (Å²) in [5.41, 5.74) is 1.71. The summed E-state index contributed by atoms with van der Waals surface area (Å²) in [5, 5.41) is -0.313. The van der Waals surface area contributed by atoms with Crippen molar-refractivity contribution >= 4 is 34.1 Å². The first-order valence-corrected chi connectivity index (χ1v) is 9.05. The molecule has 120 valence electrons. The Morgan fingerprint density at radius 2 is 1.52 bits per heavy atom. The van der Waals surface area contributed by atoms with Gasteiger partial charge in [-0.2, -0.15) is 0 Å². The Hall–Kier alpha value is -1.65. The fourth-order valence-corrected chi connectivity index (χ4v) is 4.00. The van der Waals surface area contributed by atoms with E-state index in [2.05, 4.69) is 18.7 Å². The van der Waals surface area contributed by atoms with Gasteiger partial charge in [0.2, 0.25) is 0 Å². The molecule has 0 aliphatic carbocycles. The highest BCUT2D eigenvalue weighted by Crippen LogP contribution is 2.34. The first-order chi connectivity index (χ1) is 11.2. The fourth-order valence-electron chi connectivity index (χ4n) is 2.31. The molecule has 0 saturated carbocycles. The summed E-state index contributed by atoms with van der Waals surface area (Å²) in [5.74, 6) is 0.0938. The number of thiocarbonyl (C=S) groups is 1. The Balaban J connectivity index is 2.30. The summed E-state index contributed by atoms with van der Waals surface area (Å²) in [6.07, 6.45) is 0. The number of carbonyl (C=O) groups is 1. The van der Waals surface area contributed by atoms with Crippen LogP contribution in [0, 0.1) is 0 Å². The number of carbonyl (C=O) groups excluding carboxylic acids is 1. The molecule has 0 bridgehead atoms. The van der Waals surface area contributed by atoms with Gasteiger partial charge in [-0.3, -0.25) is 4.79 Å². The van der Waals surface area contributed by atoms with Crippen LogP contribution in [-0.4, -0.2) is 28.1 Å². The zero-order chi connectivity index (χ0) is 16.7. The monoisotopic (exact) mass is 343 g/mol. The lowest BCUT2D eigenvalue weighted by Crippen LogP contribution is -2.28. The number of rotatable bonds is 6. The van der Waals surface area contributed by atoms with Crippen molar-refractivity contribution in [2.24, 2.45) is 0 Å². The molecular formula is C19H21NOS2. The summed E-state index contributed by atoms with van der Waals surface area (Å²) in [6, 6.07) is 19.3. The molecule has 0 fully saturated rings. The molecule has 2 rings (SSSR count). The third-order valence-corrected chi connectivity index (χ3v) is 5.37. The summed E-state index contributed by atoms with van der Waals surface area (Å²) in [6.45, 7) is 5.85. The predicted molar refractivity (Wildman–Crippen MR) is 103 cm³/mol. The molecule has 0 spiro atoms. The van der Waals surface area contributed by atoms with Crippen molar-refractivity contribution in [1.29, 1.82) is 0 Å². The predicted octanol–water partition coefficient (Wildman–Crippen LogP) is 4.97. The van der Waals surface area contributed by atoms with Crippen molar-refractivity contribution in [3.8, 4) is 0 Å². The van der Waals surface area contributed by atoms with Crippen molar-refractivity contribution in [2.75, 3.05) is 13.1 Å². The number of hydrogen-bond acceptors (Lipinski definition) is 3. The maximum Gasteiger partial charge on any atom is 0.180 e. The maximum atomic E-state index is 13.0. The van der Waals surface area contributed by atoms with E-state index in [-0.39, 0.29) is 11.0 Å². The van der Waals surface area contributed by atoms with Crippen molar-refractivity contribution in [2.45, 2.75) is 19.1 Å². The highest BCUT2D eigenvalue weighted by Gasteiger charge is 2.25. The highest BCUT2D eigenvalue weighted by molar-refractivity contribution is 8.23. The molecule has 0 saturated heterocycles. The van der Waals surface area contributed by atoms with Crippen LogP contribution in [0.5, 0.6) is 0 Å². The van der Waals surface area contributed by atoms with Crippen LogP contribution in [0.4, 0.5) is 0 Å². The Kier molecular flexibility index (Phi) is 6.81. The van der Waals surface area contributed by atoms with Gasteiger partial charge >= 0.3 is 0 Å². The minimum atomic E-state index is -0.313. The van der Waals surface area contributed by atoms with Crippen LogP contribution in [0.1, 0.15) is 35.0 Å². The molecule has 0 N–H and O–H groups in total. The number of hydrogen-bond donors (Lipinski definition) is 0. The highest BCUT2D eigenvalue weighted by atomic mass is 32.2. The third-order valence-electron chi connectivity index (χ3n) is 3.64. The number of Topliss-reactive ketones (excluding diaryl/α,β-unsaturated/α-hetero) is 1. The molecule has 2 aromatic rings. The van der Waals surface area contributed by atoms with Crippen LogP contribution in [-0.2, 0) is 0 Å². The quantitative estimate of drug-likeness (QED) is 0.545. The standard InChI is InChI=1S/C19H21NOS2/c1-3-20(4-2)19(22)23-18(16-13-9-6-10-14-16)17(21)15-11-7-5-8-12-15/h5-14,18H,3-4H2,1-2H3/t18-/m1/s1. The number of nitrogens with zero attached hydrogens (tertiary/aromatic N) is 1. The molecule has 4 heteroatoms. The second-order valence-electron chi connectivity index (χ2n) is 5.08. The molecule has 0 aliphatic rings. The second-order valence-corrected chi connectivity index (χ2v) is 6.82. The molecule has 2 nitrogen and oxygen atoms in total. The van der Waals surface area contributed by atoms with Crippen LogP contribution < -0.4 is 0 Å². The van der Waals surface area contributed by atoms with Crippen LogP contribution in [0.15, 0.2) is 60.7 Å². The lowest BCUT2D eigenvalue weighted by Gasteiger charge is -2.24. The van der Waals surface area contributed by atoms with Gasteiger partial charge in [-0.15, -0.1) is 0 Å². The van der Waals surface area contributed by atoms with E-state index in [0.717, 1.165) is 28.5 Å². The molecule has 2 aromatic carbocycles. The molecule has 23 heavy (non-hydrogen) atoms. The van der Waals surface area contributed by atoms with Crippen LogP contribution in [0.3, 0.4) is 0 Å². The van der Waals surface area contributed by atoms with Crippen molar-refractivity contribution < 1.29 is 4.79 Å². The molecule has 0 radical (unpaired) electrons. The largest absolute Gasteiger partial charge is 0.358 e. The van der Waals surface area contributed by atoms with E-state index in [1.807, 2.05) is 60.7 Å². The van der Waals surface area contributed by atoms with Gasteiger partial charge in [0.1, 0.15) is 4.32 Å². The Morgan fingerprint density at radius 1 is 1.00 bits per heavy atom. The lowest BCUT2D eigenvalue weighted by atomic mass is 10.0. The summed E-state index contributed by atoms with van der Waals surface area (Å²) in [7, 11) is 0. The molecule has 1 atom stereocenters. The van der Waals surface area contributed by atoms with Gasteiger partial charge in [-0.25, -0.2) is 0 Å². The minimum Gasteiger partial charge on any atom is -0.358 e. The summed E-state index contributed by atoms with van der Waals surface area (Å²) < 4.78 is 0.771. The zero-order valence-corrected chi connectivity index (χ0v) is 15.1. The maximum absolute atomic E-state index is 13.0. The number of thioether (sulfide) groups is 1. The smallest absolute Gasteiger partial charge is 0.180 e. The number of ketones is 1. The van der Waals surface area contributed by atoms with Gasteiger partial charge < -0.3 is 4.90 Å². The fraction of sp³-hybridized carbons (Fsp3) is 0.263. The van der Waals surface area contributed by atoms with Gasteiger partial charge in [0.25, 0.3) is 0 Å². The van der Waals surface area contributed by atoms with Gasteiger partial charge in [-0.05, 0) is 19.4 Å². The van der Waals surface area contributed by atoms with Crippen molar-refractivity contribution in [3.05, 3.63) is 71.8 Å². The van der Waals surface area contributed by atoms with Gasteiger partial charge in [0.05, 0.1) is 5.25 Å². The molecule has 0 aromatic heterocycles. The normalized spacial score (nSPS) is 11.7. The first-order valence-electron chi connectivity index (χ1n) is 7.77. The summed E-state index contributed by atoms with van der Waals surface area (Å²) in [4.78, 5) is 15.1. The van der Waals surface area contributed by atoms with Crippen LogP contribution >= 0.6 is 24.0 Å². The van der Waals surface area contributed by atoms with E-state index < -0.39 is 0 Å². The molecule has 0 unspecified atom stereocenters. The second kappa shape index (κ2) is 8.85. The zero-order valence-electron chi connectivity index (χ0n) is 13.4. The first kappa shape index (κ1) is 17.7. The van der Waals surface area contributed by atoms with Crippen LogP contribution in [0.25, 0.3) is 0 Å². The molecule has 0 amide bonds. The Bertz CT molecular complexity index is 639. The van der Waals surface area contributed by atoms with Crippen molar-refractivity contribution in [1.82, 2.24) is 4.90 Å². The Morgan fingerprint density at radius 3 is 2.04 bits per heavy atom. The van der Waals surface area contributed by atoms with E-state index >= 15 is 0 Å². The van der Waals surface area contributed by atoms with Crippen molar-refractivity contribution in [3.63, 3.8) is 0 Å². The van der Waals surface area contributed by atoms with E-state index in [1.54, 1.807) is 0 Å². The average molecular weight is 344 g/mol. The topological polar surface area (TPSA) is 20.3 Å². The van der Waals surface area contributed by atoms with E-state index in [1.165, 1.54) is 11.8 Å².